The van der Waals surface area contributed by atoms with Gasteiger partial charge in [0.05, 0.1) is 0 Å². The molecule has 0 spiro atoms. The Morgan fingerprint density at radius 2 is 1.67 bits per heavy atom. The third-order valence-electron chi connectivity index (χ3n) is 4.53. The number of carbonyl (C=O) groups excluding carboxylic acids is 1. The van der Waals surface area contributed by atoms with Crippen molar-refractivity contribution in [3.05, 3.63) is 59.7 Å². The molecule has 2 aliphatic rings. The Morgan fingerprint density at radius 1 is 1.00 bits per heavy atom. The van der Waals surface area contributed by atoms with Gasteiger partial charge < -0.3 is 0 Å². The summed E-state index contributed by atoms with van der Waals surface area (Å²) in [6, 6.07) is 16.8. The molecular weight excluding hydrogens is 260 g/mol. The van der Waals surface area contributed by atoms with Crippen molar-refractivity contribution < 1.29 is 4.79 Å². The van der Waals surface area contributed by atoms with Crippen LogP contribution in [0.4, 0.5) is 16.2 Å². The van der Waals surface area contributed by atoms with Crippen molar-refractivity contribution in [2.75, 3.05) is 16.3 Å². The number of rotatable bonds is 0. The summed E-state index contributed by atoms with van der Waals surface area (Å²) in [5.41, 5.74) is 4.68. The van der Waals surface area contributed by atoms with Gasteiger partial charge in [0.2, 0.25) is 0 Å². The van der Waals surface area contributed by atoms with E-state index in [0.717, 1.165) is 30.8 Å². The Bertz CT molecular complexity index is 710. The van der Waals surface area contributed by atoms with Crippen LogP contribution in [0, 0.1) is 0 Å². The van der Waals surface area contributed by atoms with E-state index in [2.05, 4.69) is 25.1 Å². The van der Waals surface area contributed by atoms with Gasteiger partial charge in [-0.1, -0.05) is 36.4 Å². The van der Waals surface area contributed by atoms with E-state index in [9.17, 15) is 4.79 Å². The molecule has 0 saturated carbocycles. The molecule has 0 radical (unpaired) electrons. The molecule has 3 nitrogen and oxygen atoms in total. The quantitative estimate of drug-likeness (QED) is 0.722. The maximum absolute atomic E-state index is 13.0. The highest BCUT2D eigenvalue weighted by atomic mass is 16.2. The normalized spacial score (nSPS) is 19.6. The largest absolute Gasteiger partial charge is 0.329 e. The number of anilines is 2. The fourth-order valence-corrected chi connectivity index (χ4v) is 3.52. The third kappa shape index (κ3) is 1.84. The van der Waals surface area contributed by atoms with Crippen molar-refractivity contribution in [1.29, 1.82) is 0 Å². The molecule has 3 heteroatoms. The van der Waals surface area contributed by atoms with Gasteiger partial charge in [0.1, 0.15) is 0 Å². The summed E-state index contributed by atoms with van der Waals surface area (Å²) in [6.07, 6.45) is 1.89. The highest BCUT2D eigenvalue weighted by molar-refractivity contribution is 6.06. The minimum Gasteiger partial charge on any atom is -0.293 e. The van der Waals surface area contributed by atoms with Crippen LogP contribution in [0.15, 0.2) is 48.5 Å². The fraction of sp³-hybridized carbons (Fsp3) is 0.278. The Labute approximate surface area is 124 Å². The molecule has 2 aromatic carbocycles. The van der Waals surface area contributed by atoms with E-state index in [1.54, 1.807) is 0 Å². The first kappa shape index (κ1) is 12.5. The van der Waals surface area contributed by atoms with E-state index in [1.807, 2.05) is 40.1 Å². The van der Waals surface area contributed by atoms with Crippen molar-refractivity contribution in [2.24, 2.45) is 0 Å². The number of benzene rings is 2. The molecule has 2 amide bonds. The third-order valence-corrected chi connectivity index (χ3v) is 4.53. The minimum atomic E-state index is 0.109. The summed E-state index contributed by atoms with van der Waals surface area (Å²) in [5, 5.41) is 0. The second-order valence-corrected chi connectivity index (χ2v) is 5.86. The molecule has 1 atom stereocenters. The van der Waals surface area contributed by atoms with Gasteiger partial charge in [-0.3, -0.25) is 9.80 Å². The summed E-state index contributed by atoms with van der Waals surface area (Å²) in [7, 11) is 0. The van der Waals surface area contributed by atoms with E-state index in [0.29, 0.717) is 0 Å². The Balaban J connectivity index is 1.70. The minimum absolute atomic E-state index is 0.109. The summed E-state index contributed by atoms with van der Waals surface area (Å²) in [6.45, 7) is 2.91. The highest BCUT2D eigenvalue weighted by Gasteiger charge is 2.35. The first-order valence-electron chi connectivity index (χ1n) is 7.52. The lowest BCUT2D eigenvalue weighted by Gasteiger charge is -2.28. The zero-order valence-electron chi connectivity index (χ0n) is 12.1. The standard InChI is InChI=1S/C18H18N2O/c1-13-12-15-7-3-5-9-17(15)20(13)18(21)19-11-10-14-6-2-4-8-16(14)19/h2-9,13H,10-12H2,1H3. The summed E-state index contributed by atoms with van der Waals surface area (Å²) in [4.78, 5) is 16.9. The van der Waals surface area contributed by atoms with Gasteiger partial charge in [-0.25, -0.2) is 4.79 Å². The van der Waals surface area contributed by atoms with Gasteiger partial charge in [-0.05, 0) is 43.0 Å². The van der Waals surface area contributed by atoms with Gasteiger partial charge in [0, 0.05) is 24.0 Å². The number of hydrogen-bond donors (Lipinski definition) is 0. The van der Waals surface area contributed by atoms with Crippen LogP contribution in [0.1, 0.15) is 18.1 Å². The molecular formula is C18H18N2O. The van der Waals surface area contributed by atoms with Crippen molar-refractivity contribution in [1.82, 2.24) is 0 Å². The van der Waals surface area contributed by atoms with Crippen molar-refractivity contribution in [2.45, 2.75) is 25.8 Å². The van der Waals surface area contributed by atoms with Gasteiger partial charge in [0.25, 0.3) is 0 Å². The van der Waals surface area contributed by atoms with Gasteiger partial charge in [-0.2, -0.15) is 0 Å². The summed E-state index contributed by atoms with van der Waals surface area (Å²) >= 11 is 0. The van der Waals surface area contributed by atoms with E-state index >= 15 is 0 Å². The van der Waals surface area contributed by atoms with Gasteiger partial charge in [-0.15, -0.1) is 0 Å². The molecule has 0 aliphatic carbocycles. The molecule has 0 bridgehead atoms. The smallest absolute Gasteiger partial charge is 0.293 e. The van der Waals surface area contributed by atoms with E-state index in [1.165, 1.54) is 11.1 Å². The van der Waals surface area contributed by atoms with Crippen molar-refractivity contribution in [3.8, 4) is 0 Å². The van der Waals surface area contributed by atoms with E-state index in [-0.39, 0.29) is 12.1 Å². The van der Waals surface area contributed by atoms with Crippen molar-refractivity contribution in [3.63, 3.8) is 0 Å². The van der Waals surface area contributed by atoms with E-state index < -0.39 is 0 Å². The van der Waals surface area contributed by atoms with Crippen LogP contribution in [0.2, 0.25) is 0 Å². The molecule has 0 saturated heterocycles. The second kappa shape index (κ2) is 4.62. The molecule has 4 rings (SSSR count). The topological polar surface area (TPSA) is 23.6 Å². The SMILES string of the molecule is CC1Cc2ccccc2N1C(=O)N1CCc2ccccc21. The monoisotopic (exact) mass is 278 g/mol. The number of fused-ring (bicyclic) bond motifs is 2. The molecule has 2 aromatic rings. The number of carbonyl (C=O) groups is 1. The molecule has 2 aliphatic heterocycles. The predicted molar refractivity (Wildman–Crippen MR) is 85.0 cm³/mol. The van der Waals surface area contributed by atoms with Gasteiger partial charge in [0.15, 0.2) is 0 Å². The maximum Gasteiger partial charge on any atom is 0.329 e. The second-order valence-electron chi connectivity index (χ2n) is 5.86. The van der Waals surface area contributed by atoms with Crippen LogP contribution in [0.3, 0.4) is 0 Å². The number of hydrogen-bond acceptors (Lipinski definition) is 1. The molecule has 0 fully saturated rings. The zero-order chi connectivity index (χ0) is 14.4. The zero-order valence-corrected chi connectivity index (χ0v) is 12.1. The van der Waals surface area contributed by atoms with E-state index in [4.69, 9.17) is 0 Å². The number of amides is 2. The Morgan fingerprint density at radius 3 is 2.48 bits per heavy atom. The number of nitrogens with zero attached hydrogens (tertiary/aromatic N) is 2. The Kier molecular flexibility index (Phi) is 2.74. The predicted octanol–water partition coefficient (Wildman–Crippen LogP) is 3.62. The molecule has 0 N–H and O–H groups in total. The average Bonchev–Trinajstić information content (AvgIpc) is 3.06. The lowest BCUT2D eigenvalue weighted by atomic mass is 10.1. The Hall–Kier alpha value is -2.29. The molecule has 106 valence electrons. The number of urea groups is 1. The van der Waals surface area contributed by atoms with Crippen molar-refractivity contribution >= 4 is 17.4 Å². The molecule has 0 aromatic heterocycles. The lowest BCUT2D eigenvalue weighted by Crippen LogP contribution is -2.45. The number of para-hydroxylation sites is 2. The maximum atomic E-state index is 13.0. The van der Waals surface area contributed by atoms with Gasteiger partial charge >= 0.3 is 6.03 Å². The molecule has 21 heavy (non-hydrogen) atoms. The van der Waals surface area contributed by atoms with Crippen LogP contribution >= 0.6 is 0 Å². The first-order chi connectivity index (χ1) is 10.3. The average molecular weight is 278 g/mol. The lowest BCUT2D eigenvalue weighted by molar-refractivity contribution is 0.250. The van der Waals surface area contributed by atoms with Crippen LogP contribution in [-0.4, -0.2) is 18.6 Å². The molecule has 1 unspecified atom stereocenters. The first-order valence-corrected chi connectivity index (χ1v) is 7.52. The molecule has 2 heterocycles. The highest BCUT2D eigenvalue weighted by Crippen LogP contribution is 2.35. The summed E-state index contributed by atoms with van der Waals surface area (Å²) in [5.74, 6) is 0. The van der Waals surface area contributed by atoms with Crippen LogP contribution in [0.5, 0.6) is 0 Å². The fourth-order valence-electron chi connectivity index (χ4n) is 3.52. The summed E-state index contributed by atoms with van der Waals surface area (Å²) < 4.78 is 0. The van der Waals surface area contributed by atoms with Crippen LogP contribution < -0.4 is 9.80 Å². The van der Waals surface area contributed by atoms with Crippen LogP contribution in [-0.2, 0) is 12.8 Å². The van der Waals surface area contributed by atoms with Crippen LogP contribution in [0.25, 0.3) is 0 Å².